The molecule has 2 bridgehead atoms. The molecule has 2 heterocycles. The van der Waals surface area contributed by atoms with Crippen molar-refractivity contribution in [2.45, 2.75) is 71.5 Å². The topological polar surface area (TPSA) is 26.3 Å². The van der Waals surface area contributed by atoms with Crippen molar-refractivity contribution in [2.75, 3.05) is 0 Å². The van der Waals surface area contributed by atoms with Gasteiger partial charge in [0.2, 0.25) is 0 Å². The van der Waals surface area contributed by atoms with Gasteiger partial charge in [-0.3, -0.25) is 4.79 Å². The molecule has 1 spiro atoms. The van der Waals surface area contributed by atoms with Gasteiger partial charge >= 0.3 is 0 Å². The van der Waals surface area contributed by atoms with Crippen LogP contribution in [0.5, 0.6) is 0 Å². The Labute approximate surface area is 127 Å². The second-order valence-corrected chi connectivity index (χ2v) is 8.46. The highest BCUT2D eigenvalue weighted by atomic mass is 16.5. The molecule has 2 nitrogen and oxygen atoms in total. The number of hydrogen-bond donors (Lipinski definition) is 0. The number of carbonyl (C=O) groups is 1. The average molecular weight is 286 g/mol. The van der Waals surface area contributed by atoms with Crippen LogP contribution in [0.2, 0.25) is 0 Å². The van der Waals surface area contributed by atoms with E-state index in [1.54, 1.807) is 11.1 Å². The third-order valence-corrected chi connectivity index (χ3v) is 6.83. The summed E-state index contributed by atoms with van der Waals surface area (Å²) in [4.78, 5) is 12.1. The van der Waals surface area contributed by atoms with Crippen LogP contribution >= 0.6 is 0 Å². The van der Waals surface area contributed by atoms with Crippen LogP contribution in [0.25, 0.3) is 0 Å². The molecule has 2 aliphatic heterocycles. The van der Waals surface area contributed by atoms with Gasteiger partial charge < -0.3 is 4.74 Å². The summed E-state index contributed by atoms with van der Waals surface area (Å²) < 4.78 is 6.47. The highest BCUT2D eigenvalue weighted by Crippen LogP contribution is 2.68. The molecule has 0 radical (unpaired) electrons. The van der Waals surface area contributed by atoms with Crippen LogP contribution in [0.3, 0.4) is 0 Å². The molecule has 2 heteroatoms. The van der Waals surface area contributed by atoms with E-state index in [4.69, 9.17) is 4.74 Å². The molecular formula is C19H26O2. The van der Waals surface area contributed by atoms with Crippen LogP contribution in [-0.2, 0) is 9.53 Å². The Bertz CT molecular complexity index is 584. The molecule has 2 aliphatic carbocycles. The second-order valence-electron chi connectivity index (χ2n) is 8.46. The van der Waals surface area contributed by atoms with Gasteiger partial charge in [-0.05, 0) is 61.2 Å². The molecule has 1 saturated carbocycles. The quantitative estimate of drug-likeness (QED) is 0.675. The van der Waals surface area contributed by atoms with Crippen molar-refractivity contribution in [3.63, 3.8) is 0 Å². The summed E-state index contributed by atoms with van der Waals surface area (Å²) in [5.74, 6) is 0.745. The molecule has 2 unspecified atom stereocenters. The van der Waals surface area contributed by atoms with Crippen LogP contribution in [0.4, 0.5) is 0 Å². The minimum Gasteiger partial charge on any atom is -0.355 e. The van der Waals surface area contributed by atoms with Gasteiger partial charge in [0, 0.05) is 5.41 Å². The van der Waals surface area contributed by atoms with Gasteiger partial charge in [-0.1, -0.05) is 33.3 Å². The van der Waals surface area contributed by atoms with Gasteiger partial charge in [-0.15, -0.1) is 0 Å². The van der Waals surface area contributed by atoms with Crippen molar-refractivity contribution in [3.05, 3.63) is 23.3 Å². The minimum atomic E-state index is -0.297. The number of fused-ring (bicyclic) bond motifs is 2. The Kier molecular flexibility index (Phi) is 2.55. The number of hydrogen-bond acceptors (Lipinski definition) is 2. The van der Waals surface area contributed by atoms with Crippen LogP contribution in [-0.4, -0.2) is 17.5 Å². The van der Waals surface area contributed by atoms with Crippen molar-refractivity contribution in [1.82, 2.24) is 0 Å². The normalized spacial score (nSPS) is 48.0. The fraction of sp³-hybridized carbons (Fsp3) is 0.737. The molecule has 0 aromatic rings. The predicted molar refractivity (Wildman–Crippen MR) is 82.9 cm³/mol. The van der Waals surface area contributed by atoms with Crippen molar-refractivity contribution in [2.24, 2.45) is 16.7 Å². The predicted octanol–water partition coefficient (Wildman–Crippen LogP) is 4.21. The van der Waals surface area contributed by atoms with Crippen LogP contribution in [0.1, 0.15) is 59.8 Å². The zero-order valence-electron chi connectivity index (χ0n) is 13.7. The Hall–Kier alpha value is -0.890. The van der Waals surface area contributed by atoms with E-state index in [1.807, 2.05) is 6.08 Å². The van der Waals surface area contributed by atoms with E-state index in [1.165, 1.54) is 25.7 Å². The first-order valence-electron chi connectivity index (χ1n) is 8.46. The third kappa shape index (κ3) is 1.50. The summed E-state index contributed by atoms with van der Waals surface area (Å²) in [6.45, 7) is 9.38. The number of allylic oxidation sites excluding steroid dienone is 1. The zero-order chi connectivity index (χ0) is 15.0. The molecule has 4 rings (SSSR count). The van der Waals surface area contributed by atoms with Gasteiger partial charge in [-0.25, -0.2) is 0 Å². The van der Waals surface area contributed by atoms with Crippen LogP contribution < -0.4 is 0 Å². The summed E-state index contributed by atoms with van der Waals surface area (Å²) in [7, 11) is 0. The molecule has 0 amide bonds. The molecule has 0 aromatic heterocycles. The van der Waals surface area contributed by atoms with E-state index in [0.29, 0.717) is 5.92 Å². The smallest absolute Gasteiger partial charge is 0.184 e. The largest absolute Gasteiger partial charge is 0.355 e. The first-order chi connectivity index (χ1) is 9.81. The molecule has 21 heavy (non-hydrogen) atoms. The summed E-state index contributed by atoms with van der Waals surface area (Å²) in [6.07, 6.45) is 9.50. The van der Waals surface area contributed by atoms with Gasteiger partial charge in [0.15, 0.2) is 5.78 Å². The van der Waals surface area contributed by atoms with E-state index >= 15 is 0 Å². The average Bonchev–Trinajstić information content (AvgIpc) is 2.89. The fourth-order valence-corrected chi connectivity index (χ4v) is 5.52. The number of rotatable bonds is 1. The summed E-state index contributed by atoms with van der Waals surface area (Å²) in [5.41, 5.74) is 3.22. The van der Waals surface area contributed by atoms with Crippen LogP contribution in [0, 0.1) is 16.7 Å². The van der Waals surface area contributed by atoms with Crippen molar-refractivity contribution >= 4 is 5.78 Å². The lowest BCUT2D eigenvalue weighted by atomic mass is 9.54. The lowest BCUT2D eigenvalue weighted by Gasteiger charge is -2.53. The van der Waals surface area contributed by atoms with E-state index < -0.39 is 0 Å². The second kappa shape index (κ2) is 3.90. The number of ketones is 1. The van der Waals surface area contributed by atoms with Crippen molar-refractivity contribution < 1.29 is 9.53 Å². The van der Waals surface area contributed by atoms with E-state index in [-0.39, 0.29) is 28.3 Å². The standard InChI is InChI=1S/C19H26O2/c1-12(2)13-5-7-17(3)9-10-18(4)11-15-14(20)6-8-19(18,21-15)16(13)17/h6,8,12,15H,5,7,9-11H2,1-4H3/t15?,17-,18+,19?/m1/s1. The van der Waals surface area contributed by atoms with Crippen molar-refractivity contribution in [1.29, 1.82) is 0 Å². The third-order valence-electron chi connectivity index (χ3n) is 6.83. The highest BCUT2D eigenvalue weighted by molar-refractivity contribution is 5.95. The maximum atomic E-state index is 12.1. The maximum absolute atomic E-state index is 12.1. The van der Waals surface area contributed by atoms with E-state index in [2.05, 4.69) is 33.8 Å². The molecule has 1 saturated heterocycles. The zero-order valence-corrected chi connectivity index (χ0v) is 13.7. The maximum Gasteiger partial charge on any atom is 0.184 e. The van der Waals surface area contributed by atoms with Gasteiger partial charge in [-0.2, -0.15) is 0 Å². The molecular weight excluding hydrogens is 260 g/mol. The van der Waals surface area contributed by atoms with E-state index in [0.717, 1.165) is 6.42 Å². The monoisotopic (exact) mass is 286 g/mol. The van der Waals surface area contributed by atoms with Gasteiger partial charge in [0.25, 0.3) is 0 Å². The SMILES string of the molecule is CC(C)C1=C2C34C=CC(=O)C(C[C@]3(C)CC[C@@]2(C)CC1)O4. The van der Waals surface area contributed by atoms with Gasteiger partial charge in [0.05, 0.1) is 0 Å². The lowest BCUT2D eigenvalue weighted by molar-refractivity contribution is -0.131. The Balaban J connectivity index is 1.97. The summed E-state index contributed by atoms with van der Waals surface area (Å²) in [5, 5.41) is 0. The molecule has 0 N–H and O–H groups in total. The lowest BCUT2D eigenvalue weighted by Crippen LogP contribution is -2.52. The fourth-order valence-electron chi connectivity index (χ4n) is 5.52. The van der Waals surface area contributed by atoms with Gasteiger partial charge in [0.1, 0.15) is 11.7 Å². The Morgan fingerprint density at radius 3 is 2.71 bits per heavy atom. The van der Waals surface area contributed by atoms with Crippen molar-refractivity contribution in [3.8, 4) is 0 Å². The minimum absolute atomic E-state index is 0.0969. The molecule has 2 fully saturated rings. The van der Waals surface area contributed by atoms with E-state index in [9.17, 15) is 4.79 Å². The molecule has 114 valence electrons. The Morgan fingerprint density at radius 1 is 1.24 bits per heavy atom. The summed E-state index contributed by atoms with van der Waals surface area (Å²) >= 11 is 0. The first kappa shape index (κ1) is 13.8. The molecule has 0 aromatic carbocycles. The number of ether oxygens (including phenoxy) is 1. The summed E-state index contributed by atoms with van der Waals surface area (Å²) in [6, 6.07) is 0. The Morgan fingerprint density at radius 2 is 2.00 bits per heavy atom. The highest BCUT2D eigenvalue weighted by Gasteiger charge is 2.66. The first-order valence-corrected chi connectivity index (χ1v) is 8.46. The van der Waals surface area contributed by atoms with Crippen LogP contribution in [0.15, 0.2) is 23.3 Å². The molecule has 4 aliphatic rings. The molecule has 4 atom stereocenters. The number of carbonyl (C=O) groups excluding carboxylic acids is 1.